The van der Waals surface area contributed by atoms with E-state index in [0.29, 0.717) is 37.1 Å². The second-order valence-electron chi connectivity index (χ2n) is 6.69. The molecule has 4 rings (SSSR count). The SMILES string of the molecule is Cc1nc(NCc2ccco2)cc(C(=O)Nc2ccccc2N2CCOCC2)n1. The van der Waals surface area contributed by atoms with Crippen LogP contribution in [0, 0.1) is 6.92 Å². The van der Waals surface area contributed by atoms with Gasteiger partial charge in [-0.15, -0.1) is 0 Å². The summed E-state index contributed by atoms with van der Waals surface area (Å²) in [4.78, 5) is 23.7. The van der Waals surface area contributed by atoms with E-state index in [4.69, 9.17) is 9.15 Å². The van der Waals surface area contributed by atoms with Crippen molar-refractivity contribution in [2.24, 2.45) is 0 Å². The Bertz CT molecular complexity index is 968. The number of aryl methyl sites for hydroxylation is 1. The van der Waals surface area contributed by atoms with Crippen molar-refractivity contribution in [2.75, 3.05) is 41.8 Å². The lowest BCUT2D eigenvalue weighted by molar-refractivity contribution is 0.102. The Morgan fingerprint density at radius 1 is 1.14 bits per heavy atom. The molecule has 1 amide bonds. The van der Waals surface area contributed by atoms with Gasteiger partial charge in [-0.3, -0.25) is 4.79 Å². The monoisotopic (exact) mass is 393 g/mol. The second kappa shape index (κ2) is 8.74. The summed E-state index contributed by atoms with van der Waals surface area (Å²) in [6.07, 6.45) is 1.62. The Hall–Kier alpha value is -3.39. The summed E-state index contributed by atoms with van der Waals surface area (Å²) >= 11 is 0. The summed E-state index contributed by atoms with van der Waals surface area (Å²) in [5, 5.41) is 6.15. The molecule has 3 aromatic rings. The molecular formula is C21H23N5O3. The van der Waals surface area contributed by atoms with E-state index in [9.17, 15) is 4.79 Å². The average molecular weight is 393 g/mol. The maximum Gasteiger partial charge on any atom is 0.274 e. The van der Waals surface area contributed by atoms with Crippen molar-refractivity contribution in [3.05, 3.63) is 66.0 Å². The zero-order chi connectivity index (χ0) is 20.1. The molecule has 0 atom stereocenters. The average Bonchev–Trinajstić information content (AvgIpc) is 3.27. The number of morpholine rings is 1. The molecule has 150 valence electrons. The first-order valence-electron chi connectivity index (χ1n) is 9.54. The third kappa shape index (κ3) is 4.72. The number of benzene rings is 1. The van der Waals surface area contributed by atoms with Crippen molar-refractivity contribution in [2.45, 2.75) is 13.5 Å². The van der Waals surface area contributed by atoms with E-state index in [1.165, 1.54) is 0 Å². The normalized spacial score (nSPS) is 13.9. The molecule has 1 saturated heterocycles. The van der Waals surface area contributed by atoms with Crippen LogP contribution in [-0.2, 0) is 11.3 Å². The lowest BCUT2D eigenvalue weighted by Gasteiger charge is -2.30. The number of nitrogens with one attached hydrogen (secondary N) is 2. The zero-order valence-corrected chi connectivity index (χ0v) is 16.2. The maximum absolute atomic E-state index is 12.9. The van der Waals surface area contributed by atoms with Crippen molar-refractivity contribution >= 4 is 23.1 Å². The van der Waals surface area contributed by atoms with E-state index in [1.54, 1.807) is 19.3 Å². The topological polar surface area (TPSA) is 92.5 Å². The fourth-order valence-corrected chi connectivity index (χ4v) is 3.21. The van der Waals surface area contributed by atoms with Crippen molar-refractivity contribution in [3.63, 3.8) is 0 Å². The summed E-state index contributed by atoms with van der Waals surface area (Å²) in [5.74, 6) is 1.59. The smallest absolute Gasteiger partial charge is 0.274 e. The van der Waals surface area contributed by atoms with E-state index in [2.05, 4.69) is 25.5 Å². The van der Waals surface area contributed by atoms with E-state index < -0.39 is 0 Å². The number of nitrogens with zero attached hydrogens (tertiary/aromatic N) is 3. The molecule has 29 heavy (non-hydrogen) atoms. The van der Waals surface area contributed by atoms with Crippen molar-refractivity contribution < 1.29 is 13.9 Å². The highest BCUT2D eigenvalue weighted by molar-refractivity contribution is 6.05. The largest absolute Gasteiger partial charge is 0.467 e. The lowest BCUT2D eigenvalue weighted by atomic mass is 10.2. The molecule has 0 aliphatic carbocycles. The number of para-hydroxylation sites is 2. The number of carbonyl (C=O) groups excluding carboxylic acids is 1. The van der Waals surface area contributed by atoms with E-state index in [0.717, 1.165) is 30.2 Å². The van der Waals surface area contributed by atoms with Crippen LogP contribution in [0.5, 0.6) is 0 Å². The molecule has 0 bridgehead atoms. The number of carbonyl (C=O) groups is 1. The highest BCUT2D eigenvalue weighted by atomic mass is 16.5. The first-order chi connectivity index (χ1) is 14.2. The molecule has 2 N–H and O–H groups in total. The molecule has 0 radical (unpaired) electrons. The lowest BCUT2D eigenvalue weighted by Crippen LogP contribution is -2.36. The molecule has 0 spiro atoms. The van der Waals surface area contributed by atoms with Crippen LogP contribution in [0.25, 0.3) is 0 Å². The van der Waals surface area contributed by atoms with Crippen LogP contribution in [0.4, 0.5) is 17.2 Å². The molecule has 1 fully saturated rings. The van der Waals surface area contributed by atoms with Gasteiger partial charge in [-0.2, -0.15) is 0 Å². The second-order valence-corrected chi connectivity index (χ2v) is 6.69. The summed E-state index contributed by atoms with van der Waals surface area (Å²) in [5.41, 5.74) is 2.03. The third-order valence-electron chi connectivity index (χ3n) is 4.60. The Morgan fingerprint density at radius 2 is 1.97 bits per heavy atom. The first-order valence-corrected chi connectivity index (χ1v) is 9.54. The molecule has 1 aliphatic rings. The number of hydrogen-bond donors (Lipinski definition) is 2. The van der Waals surface area contributed by atoms with Crippen LogP contribution in [0.15, 0.2) is 53.1 Å². The van der Waals surface area contributed by atoms with Gasteiger partial charge < -0.3 is 24.7 Å². The number of anilines is 3. The first kappa shape index (κ1) is 18.9. The predicted octanol–water partition coefficient (Wildman–Crippen LogP) is 3.08. The number of aromatic nitrogens is 2. The zero-order valence-electron chi connectivity index (χ0n) is 16.2. The Labute approximate surface area is 168 Å². The molecule has 1 aliphatic heterocycles. The van der Waals surface area contributed by atoms with Crippen LogP contribution >= 0.6 is 0 Å². The molecular weight excluding hydrogens is 370 g/mol. The van der Waals surface area contributed by atoms with E-state index in [-0.39, 0.29) is 5.91 Å². The molecule has 8 nitrogen and oxygen atoms in total. The van der Waals surface area contributed by atoms with Crippen LogP contribution in [-0.4, -0.2) is 42.2 Å². The van der Waals surface area contributed by atoms with Gasteiger partial charge in [0.25, 0.3) is 5.91 Å². The van der Waals surface area contributed by atoms with E-state index >= 15 is 0 Å². The standard InChI is InChI=1S/C21H23N5O3/c1-15-23-18(13-20(24-15)22-14-16-5-4-10-29-16)21(27)25-17-6-2-3-7-19(17)26-8-11-28-12-9-26/h2-7,10,13H,8-9,11-12,14H2,1H3,(H,25,27)(H,22,23,24). The number of hydrogen-bond acceptors (Lipinski definition) is 7. The Kier molecular flexibility index (Phi) is 5.71. The van der Waals surface area contributed by atoms with Gasteiger partial charge in [0.05, 0.1) is 37.4 Å². The van der Waals surface area contributed by atoms with Crippen LogP contribution in [0.3, 0.4) is 0 Å². The number of amides is 1. The van der Waals surface area contributed by atoms with E-state index in [1.807, 2.05) is 36.4 Å². The van der Waals surface area contributed by atoms with Crippen LogP contribution in [0.2, 0.25) is 0 Å². The van der Waals surface area contributed by atoms with Gasteiger partial charge in [0.2, 0.25) is 0 Å². The fraction of sp³-hybridized carbons (Fsp3) is 0.286. The molecule has 3 heterocycles. The number of ether oxygens (including phenoxy) is 1. The fourth-order valence-electron chi connectivity index (χ4n) is 3.21. The molecule has 1 aromatic carbocycles. The number of rotatable bonds is 6. The number of furan rings is 1. The molecule has 0 unspecified atom stereocenters. The minimum absolute atomic E-state index is 0.280. The van der Waals surface area contributed by atoms with Crippen molar-refractivity contribution in [1.82, 2.24) is 9.97 Å². The molecule has 8 heteroatoms. The van der Waals surface area contributed by atoms with Crippen molar-refractivity contribution in [3.8, 4) is 0 Å². The van der Waals surface area contributed by atoms with Crippen LogP contribution < -0.4 is 15.5 Å². The van der Waals surface area contributed by atoms with Gasteiger partial charge in [-0.25, -0.2) is 9.97 Å². The van der Waals surface area contributed by atoms with Gasteiger partial charge >= 0.3 is 0 Å². The van der Waals surface area contributed by atoms with Crippen LogP contribution in [0.1, 0.15) is 22.1 Å². The Balaban J connectivity index is 1.50. The van der Waals surface area contributed by atoms with Gasteiger partial charge in [0, 0.05) is 19.2 Å². The highest BCUT2D eigenvalue weighted by Gasteiger charge is 2.17. The van der Waals surface area contributed by atoms with Crippen molar-refractivity contribution in [1.29, 1.82) is 0 Å². The minimum Gasteiger partial charge on any atom is -0.467 e. The summed E-state index contributed by atoms with van der Waals surface area (Å²) in [7, 11) is 0. The highest BCUT2D eigenvalue weighted by Crippen LogP contribution is 2.27. The molecule has 0 saturated carbocycles. The van der Waals surface area contributed by atoms with Gasteiger partial charge in [-0.1, -0.05) is 12.1 Å². The Morgan fingerprint density at radius 3 is 2.76 bits per heavy atom. The minimum atomic E-state index is -0.280. The van der Waals surface area contributed by atoms with Gasteiger partial charge in [-0.05, 0) is 31.2 Å². The third-order valence-corrected chi connectivity index (χ3v) is 4.60. The maximum atomic E-state index is 12.9. The summed E-state index contributed by atoms with van der Waals surface area (Å²) in [6.45, 7) is 5.18. The summed E-state index contributed by atoms with van der Waals surface area (Å²) in [6, 6.07) is 13.1. The predicted molar refractivity (Wildman–Crippen MR) is 110 cm³/mol. The summed E-state index contributed by atoms with van der Waals surface area (Å²) < 4.78 is 10.7. The quantitative estimate of drug-likeness (QED) is 0.665. The molecule has 2 aromatic heterocycles. The van der Waals surface area contributed by atoms with Gasteiger partial charge in [0.1, 0.15) is 23.1 Å². The van der Waals surface area contributed by atoms with Gasteiger partial charge in [0.15, 0.2) is 0 Å².